The molecule has 1 heterocycles. The Kier molecular flexibility index (Phi) is 5.73. The SMILES string of the molecule is COc1c(NN)ncnc1NCCCNS(C)(=O)=O. The van der Waals surface area contributed by atoms with Crippen LogP contribution in [0.3, 0.4) is 0 Å². The molecule has 0 saturated carbocycles. The smallest absolute Gasteiger partial charge is 0.208 e. The van der Waals surface area contributed by atoms with E-state index < -0.39 is 10.0 Å². The summed E-state index contributed by atoms with van der Waals surface area (Å²) in [4.78, 5) is 7.92. The number of aromatic nitrogens is 2. The number of nitrogen functional groups attached to an aromatic ring is 1. The van der Waals surface area contributed by atoms with Crippen LogP contribution >= 0.6 is 0 Å². The molecule has 1 aromatic rings. The summed E-state index contributed by atoms with van der Waals surface area (Å²) in [5.41, 5.74) is 2.40. The maximum absolute atomic E-state index is 10.9. The van der Waals surface area contributed by atoms with Crippen LogP contribution in [0.2, 0.25) is 0 Å². The molecule has 0 amide bonds. The maximum atomic E-state index is 10.9. The Hall–Kier alpha value is -1.65. The van der Waals surface area contributed by atoms with Crippen LogP contribution in [0.4, 0.5) is 11.6 Å². The molecule has 0 aliphatic rings. The van der Waals surface area contributed by atoms with Crippen molar-refractivity contribution in [2.24, 2.45) is 5.84 Å². The van der Waals surface area contributed by atoms with Crippen LogP contribution in [0.1, 0.15) is 6.42 Å². The van der Waals surface area contributed by atoms with Crippen LogP contribution in [0.15, 0.2) is 6.33 Å². The number of hydrogen-bond acceptors (Lipinski definition) is 8. The van der Waals surface area contributed by atoms with Gasteiger partial charge in [0.2, 0.25) is 15.8 Å². The molecular formula is C9H18N6O3S. The molecule has 0 unspecified atom stereocenters. The van der Waals surface area contributed by atoms with E-state index in [0.29, 0.717) is 36.9 Å². The normalized spacial score (nSPS) is 11.1. The monoisotopic (exact) mass is 290 g/mol. The van der Waals surface area contributed by atoms with Crippen LogP contribution in [0.5, 0.6) is 5.75 Å². The van der Waals surface area contributed by atoms with Gasteiger partial charge in [0, 0.05) is 13.1 Å². The van der Waals surface area contributed by atoms with Gasteiger partial charge in [0.25, 0.3) is 0 Å². The van der Waals surface area contributed by atoms with E-state index in [2.05, 4.69) is 25.4 Å². The Morgan fingerprint density at radius 1 is 1.32 bits per heavy atom. The van der Waals surface area contributed by atoms with Gasteiger partial charge >= 0.3 is 0 Å². The van der Waals surface area contributed by atoms with Gasteiger partial charge in [-0.1, -0.05) is 0 Å². The number of nitrogens with one attached hydrogen (secondary N) is 3. The molecule has 0 bridgehead atoms. The van der Waals surface area contributed by atoms with Crippen molar-refractivity contribution in [2.45, 2.75) is 6.42 Å². The number of hydrogen-bond donors (Lipinski definition) is 4. The third-order valence-corrected chi connectivity index (χ3v) is 2.88. The fourth-order valence-corrected chi connectivity index (χ4v) is 1.86. The van der Waals surface area contributed by atoms with E-state index >= 15 is 0 Å². The molecule has 1 aromatic heterocycles. The second kappa shape index (κ2) is 7.07. The molecule has 0 radical (unpaired) electrons. The van der Waals surface area contributed by atoms with Crippen molar-refractivity contribution in [2.75, 3.05) is 37.2 Å². The lowest BCUT2D eigenvalue weighted by Gasteiger charge is -2.12. The highest BCUT2D eigenvalue weighted by molar-refractivity contribution is 7.88. The van der Waals surface area contributed by atoms with Gasteiger partial charge in [-0.3, -0.25) is 0 Å². The number of nitrogens with zero attached hydrogens (tertiary/aromatic N) is 2. The first-order valence-corrected chi connectivity index (χ1v) is 7.41. The summed E-state index contributed by atoms with van der Waals surface area (Å²) in [6.07, 6.45) is 3.06. The molecule has 0 aliphatic heterocycles. The van der Waals surface area contributed by atoms with Crippen molar-refractivity contribution >= 4 is 21.7 Å². The number of methoxy groups -OCH3 is 1. The van der Waals surface area contributed by atoms with Gasteiger partial charge in [0.15, 0.2) is 11.6 Å². The van der Waals surface area contributed by atoms with Crippen molar-refractivity contribution in [1.29, 1.82) is 0 Å². The minimum Gasteiger partial charge on any atom is -0.490 e. The Bertz CT molecular complexity index is 507. The summed E-state index contributed by atoms with van der Waals surface area (Å²) in [6, 6.07) is 0. The third-order valence-electron chi connectivity index (χ3n) is 2.15. The van der Waals surface area contributed by atoms with Gasteiger partial charge in [-0.05, 0) is 6.42 Å². The summed E-state index contributed by atoms with van der Waals surface area (Å²) < 4.78 is 29.2. The molecule has 19 heavy (non-hydrogen) atoms. The number of hydrazine groups is 1. The largest absolute Gasteiger partial charge is 0.490 e. The van der Waals surface area contributed by atoms with Gasteiger partial charge in [0.05, 0.1) is 13.4 Å². The van der Waals surface area contributed by atoms with Gasteiger partial charge in [0.1, 0.15) is 6.33 Å². The zero-order chi connectivity index (χ0) is 14.3. The van der Waals surface area contributed by atoms with Crippen molar-refractivity contribution in [3.05, 3.63) is 6.33 Å². The van der Waals surface area contributed by atoms with Crippen molar-refractivity contribution < 1.29 is 13.2 Å². The molecule has 0 fully saturated rings. The number of anilines is 2. The molecule has 9 nitrogen and oxygen atoms in total. The van der Waals surface area contributed by atoms with E-state index in [1.807, 2.05) is 0 Å². The van der Waals surface area contributed by atoms with Gasteiger partial charge in [-0.15, -0.1) is 0 Å². The summed E-state index contributed by atoms with van der Waals surface area (Å²) >= 11 is 0. The second-order valence-corrected chi connectivity index (χ2v) is 5.53. The first-order chi connectivity index (χ1) is 8.98. The fraction of sp³-hybridized carbons (Fsp3) is 0.556. The molecule has 0 aliphatic carbocycles. The Balaban J connectivity index is 2.49. The summed E-state index contributed by atoms with van der Waals surface area (Å²) in [6.45, 7) is 0.876. The predicted molar refractivity (Wildman–Crippen MR) is 72.3 cm³/mol. The molecule has 1 rings (SSSR count). The van der Waals surface area contributed by atoms with E-state index in [1.54, 1.807) is 0 Å². The lowest BCUT2D eigenvalue weighted by Crippen LogP contribution is -2.24. The molecule has 0 spiro atoms. The highest BCUT2D eigenvalue weighted by Crippen LogP contribution is 2.27. The average Bonchev–Trinajstić information content (AvgIpc) is 2.36. The predicted octanol–water partition coefficient (Wildman–Crippen LogP) is -0.878. The number of nitrogens with two attached hydrogens (primary N) is 1. The standard InChI is InChI=1S/C9H18N6O3S/c1-18-7-8(12-6-13-9(7)15-10)11-4-3-5-14-19(2,16)17/h6,14H,3-5,10H2,1-2H3,(H2,11,12,13,15). The Morgan fingerprint density at radius 3 is 2.58 bits per heavy atom. The van der Waals surface area contributed by atoms with Crippen LogP contribution < -0.4 is 26.0 Å². The van der Waals surface area contributed by atoms with E-state index in [0.717, 1.165) is 6.26 Å². The van der Waals surface area contributed by atoms with Gasteiger partial charge < -0.3 is 15.5 Å². The van der Waals surface area contributed by atoms with E-state index in [9.17, 15) is 8.42 Å². The van der Waals surface area contributed by atoms with E-state index in [4.69, 9.17) is 10.6 Å². The highest BCUT2D eigenvalue weighted by atomic mass is 32.2. The zero-order valence-corrected chi connectivity index (χ0v) is 11.6. The molecule has 10 heteroatoms. The Morgan fingerprint density at radius 2 is 2.00 bits per heavy atom. The molecule has 0 aromatic carbocycles. The van der Waals surface area contributed by atoms with Crippen molar-refractivity contribution in [3.8, 4) is 5.75 Å². The van der Waals surface area contributed by atoms with E-state index in [-0.39, 0.29) is 0 Å². The first-order valence-electron chi connectivity index (χ1n) is 5.52. The summed E-state index contributed by atoms with van der Waals surface area (Å²) in [7, 11) is -1.67. The molecular weight excluding hydrogens is 272 g/mol. The fourth-order valence-electron chi connectivity index (χ4n) is 1.35. The van der Waals surface area contributed by atoms with Crippen molar-refractivity contribution in [1.82, 2.24) is 14.7 Å². The number of rotatable bonds is 8. The highest BCUT2D eigenvalue weighted by Gasteiger charge is 2.10. The topological polar surface area (TPSA) is 131 Å². The maximum Gasteiger partial charge on any atom is 0.208 e. The van der Waals surface area contributed by atoms with Gasteiger partial charge in [-0.2, -0.15) is 0 Å². The number of ether oxygens (including phenoxy) is 1. The minimum atomic E-state index is -3.15. The zero-order valence-electron chi connectivity index (χ0n) is 10.8. The molecule has 108 valence electrons. The third kappa shape index (κ3) is 5.24. The summed E-state index contributed by atoms with van der Waals surface area (Å²) in [5, 5.41) is 3.02. The quantitative estimate of drug-likeness (QED) is 0.276. The molecule has 5 N–H and O–H groups in total. The van der Waals surface area contributed by atoms with Crippen LogP contribution in [0, 0.1) is 0 Å². The molecule has 0 saturated heterocycles. The second-order valence-electron chi connectivity index (χ2n) is 3.70. The minimum absolute atomic E-state index is 0.348. The first kappa shape index (κ1) is 15.4. The summed E-state index contributed by atoms with van der Waals surface area (Å²) in [5.74, 6) is 6.56. The van der Waals surface area contributed by atoms with Crippen LogP contribution in [0.25, 0.3) is 0 Å². The van der Waals surface area contributed by atoms with E-state index in [1.165, 1.54) is 13.4 Å². The molecule has 0 atom stereocenters. The van der Waals surface area contributed by atoms with Crippen LogP contribution in [-0.2, 0) is 10.0 Å². The lowest BCUT2D eigenvalue weighted by molar-refractivity contribution is 0.414. The van der Waals surface area contributed by atoms with Gasteiger partial charge in [-0.25, -0.2) is 29.0 Å². The number of sulfonamides is 1. The average molecular weight is 290 g/mol. The lowest BCUT2D eigenvalue weighted by atomic mass is 10.4. The van der Waals surface area contributed by atoms with Crippen LogP contribution in [-0.4, -0.2) is 44.8 Å². The van der Waals surface area contributed by atoms with Crippen molar-refractivity contribution in [3.63, 3.8) is 0 Å². The Labute approximate surface area is 112 Å².